The number of fused-ring (bicyclic) bond motifs is 1. The van der Waals surface area contributed by atoms with Crippen LogP contribution in [0.5, 0.6) is 0 Å². The zero-order chi connectivity index (χ0) is 40.4. The Bertz CT molecular complexity index is 2250. The number of H-pyrrole nitrogens is 2. The van der Waals surface area contributed by atoms with Crippen LogP contribution in [-0.2, 0) is 19.1 Å². The van der Waals surface area contributed by atoms with E-state index in [0.29, 0.717) is 24.7 Å². The molecule has 0 bridgehead atoms. The van der Waals surface area contributed by atoms with E-state index in [1.807, 2.05) is 33.2 Å². The lowest BCUT2D eigenvalue weighted by Gasteiger charge is -2.30. The second kappa shape index (κ2) is 16.8. The summed E-state index contributed by atoms with van der Waals surface area (Å²) in [5.74, 6) is 0.882. The van der Waals surface area contributed by atoms with Gasteiger partial charge in [-0.1, -0.05) is 58.0 Å². The Balaban J connectivity index is 1.07. The molecule has 300 valence electrons. The maximum absolute atomic E-state index is 13.7. The summed E-state index contributed by atoms with van der Waals surface area (Å²) in [6.45, 7) is 8.76. The smallest absolute Gasteiger partial charge is 0.407 e. The second-order valence-corrected chi connectivity index (χ2v) is 16.1. The van der Waals surface area contributed by atoms with Gasteiger partial charge in [-0.25, -0.2) is 24.5 Å². The fourth-order valence-electron chi connectivity index (χ4n) is 7.91. The van der Waals surface area contributed by atoms with Crippen LogP contribution in [0.4, 0.5) is 9.59 Å². The third-order valence-electron chi connectivity index (χ3n) is 11.0. The average molecular weight is 796 g/mol. The quantitative estimate of drug-likeness (QED) is 0.111. The number of likely N-dealkylation sites (tertiary alicyclic amines) is 2. The lowest BCUT2D eigenvalue weighted by Crippen LogP contribution is -2.51. The highest BCUT2D eigenvalue weighted by atomic mass is 32.1. The van der Waals surface area contributed by atoms with Crippen molar-refractivity contribution in [1.82, 2.24) is 45.4 Å². The molecule has 2 saturated heterocycles. The molecule has 3 aromatic heterocycles. The monoisotopic (exact) mass is 795 g/mol. The van der Waals surface area contributed by atoms with Crippen LogP contribution in [-0.4, -0.2) is 98.1 Å². The third kappa shape index (κ3) is 7.95. The SMILES string of the molecule is COC(=O)N[C@H](C(=O)N1CCC[C@H]1c1ncc(-c2ccc(-c3ccc(-c4cnc([C@@H]5CCCN5C(=O)[C@@H](NC(=O)OC)C(C)C)[nH]4)c4ncsc34)cc2)[nH]1)C(C)C. The normalized spacial score (nSPS) is 18.0. The molecule has 2 aromatic carbocycles. The van der Waals surface area contributed by atoms with Gasteiger partial charge in [-0.2, -0.15) is 0 Å². The number of carbonyl (C=O) groups excluding carboxylic acids is 4. The lowest BCUT2D eigenvalue weighted by molar-refractivity contribution is -0.136. The molecule has 0 saturated carbocycles. The zero-order valence-corrected chi connectivity index (χ0v) is 33.8. The van der Waals surface area contributed by atoms with Crippen molar-refractivity contribution in [2.75, 3.05) is 27.3 Å². The number of ether oxygens (including phenoxy) is 2. The molecule has 4 amide bonds. The van der Waals surface area contributed by atoms with Crippen LogP contribution in [0, 0.1) is 11.8 Å². The van der Waals surface area contributed by atoms with Gasteiger partial charge in [0.1, 0.15) is 23.7 Å². The Morgan fingerprint density at radius 3 is 1.72 bits per heavy atom. The predicted octanol–water partition coefficient (Wildman–Crippen LogP) is 6.83. The molecule has 57 heavy (non-hydrogen) atoms. The number of benzene rings is 2. The third-order valence-corrected chi connectivity index (χ3v) is 11.8. The maximum Gasteiger partial charge on any atom is 0.407 e. The largest absolute Gasteiger partial charge is 0.453 e. The summed E-state index contributed by atoms with van der Waals surface area (Å²) in [7, 11) is 2.58. The number of hydrogen-bond donors (Lipinski definition) is 4. The van der Waals surface area contributed by atoms with Crippen LogP contribution in [0.2, 0.25) is 0 Å². The van der Waals surface area contributed by atoms with Gasteiger partial charge in [0.05, 0.1) is 65.8 Å². The Morgan fingerprint density at radius 2 is 1.19 bits per heavy atom. The summed E-state index contributed by atoms with van der Waals surface area (Å²) in [6, 6.07) is 10.6. The van der Waals surface area contributed by atoms with Gasteiger partial charge in [0.15, 0.2) is 0 Å². The number of carbonyl (C=O) groups is 4. The number of nitrogens with zero attached hydrogens (tertiary/aromatic N) is 5. The number of amides is 4. The van der Waals surface area contributed by atoms with Gasteiger partial charge in [-0.3, -0.25) is 9.59 Å². The number of rotatable bonds is 11. The Kier molecular flexibility index (Phi) is 11.6. The van der Waals surface area contributed by atoms with Crippen molar-refractivity contribution in [3.05, 3.63) is 66.0 Å². The van der Waals surface area contributed by atoms with E-state index in [0.717, 1.165) is 69.5 Å². The number of aromatic nitrogens is 5. The molecule has 16 heteroatoms. The number of methoxy groups -OCH3 is 2. The lowest BCUT2D eigenvalue weighted by atomic mass is 10.00. The highest BCUT2D eigenvalue weighted by molar-refractivity contribution is 7.17. The second-order valence-electron chi connectivity index (χ2n) is 15.2. The van der Waals surface area contributed by atoms with Crippen molar-refractivity contribution in [3.8, 4) is 33.6 Å². The minimum absolute atomic E-state index is 0.112. The van der Waals surface area contributed by atoms with E-state index >= 15 is 0 Å². The number of aromatic amines is 2. The summed E-state index contributed by atoms with van der Waals surface area (Å²) in [5, 5.41) is 5.40. The van der Waals surface area contributed by atoms with E-state index in [1.165, 1.54) is 14.2 Å². The maximum atomic E-state index is 13.7. The summed E-state index contributed by atoms with van der Waals surface area (Å²) < 4.78 is 10.6. The molecule has 2 aliphatic heterocycles. The van der Waals surface area contributed by atoms with E-state index in [9.17, 15) is 19.2 Å². The Labute approximate surface area is 335 Å². The van der Waals surface area contributed by atoms with Crippen LogP contribution in [0.25, 0.3) is 43.9 Å². The highest BCUT2D eigenvalue weighted by Crippen LogP contribution is 2.39. The molecule has 2 fully saturated rings. The molecule has 7 rings (SSSR count). The summed E-state index contributed by atoms with van der Waals surface area (Å²) >= 11 is 1.57. The molecular formula is C41H49N9O6S. The summed E-state index contributed by atoms with van der Waals surface area (Å²) in [4.78, 5) is 76.0. The van der Waals surface area contributed by atoms with E-state index in [2.05, 4.69) is 57.0 Å². The average Bonchev–Trinajstić information content (AvgIpc) is 4.07. The van der Waals surface area contributed by atoms with Gasteiger partial charge in [-0.15, -0.1) is 11.3 Å². The molecule has 2 aliphatic rings. The summed E-state index contributed by atoms with van der Waals surface area (Å²) in [5.41, 5.74) is 8.33. The first kappa shape index (κ1) is 39.5. The van der Waals surface area contributed by atoms with Crippen molar-refractivity contribution in [2.45, 2.75) is 77.5 Å². The van der Waals surface area contributed by atoms with Crippen molar-refractivity contribution in [1.29, 1.82) is 0 Å². The van der Waals surface area contributed by atoms with E-state index in [4.69, 9.17) is 24.4 Å². The van der Waals surface area contributed by atoms with Gasteiger partial charge in [0, 0.05) is 24.2 Å². The summed E-state index contributed by atoms with van der Waals surface area (Å²) in [6.07, 6.45) is 5.54. The van der Waals surface area contributed by atoms with Crippen molar-refractivity contribution >= 4 is 45.6 Å². The highest BCUT2D eigenvalue weighted by Gasteiger charge is 2.39. The van der Waals surface area contributed by atoms with Gasteiger partial charge in [0.2, 0.25) is 11.8 Å². The molecule has 5 heterocycles. The number of nitrogens with one attached hydrogen (secondary N) is 4. The van der Waals surface area contributed by atoms with Crippen LogP contribution in [0.1, 0.15) is 77.1 Å². The van der Waals surface area contributed by atoms with Gasteiger partial charge < -0.3 is 39.9 Å². The topological polar surface area (TPSA) is 188 Å². The Morgan fingerprint density at radius 1 is 0.702 bits per heavy atom. The number of imidazole rings is 2. The van der Waals surface area contributed by atoms with Crippen molar-refractivity contribution in [3.63, 3.8) is 0 Å². The first-order valence-electron chi connectivity index (χ1n) is 19.4. The number of hydrogen-bond acceptors (Lipinski definition) is 10. The fourth-order valence-corrected chi connectivity index (χ4v) is 8.76. The number of thiazole rings is 1. The van der Waals surface area contributed by atoms with Gasteiger partial charge in [-0.05, 0) is 54.7 Å². The van der Waals surface area contributed by atoms with Crippen LogP contribution >= 0.6 is 11.3 Å². The predicted molar refractivity (Wildman–Crippen MR) is 216 cm³/mol. The van der Waals surface area contributed by atoms with E-state index < -0.39 is 24.3 Å². The zero-order valence-electron chi connectivity index (χ0n) is 33.0. The van der Waals surface area contributed by atoms with E-state index in [1.54, 1.807) is 33.5 Å². The molecule has 15 nitrogen and oxygen atoms in total. The molecule has 0 aliphatic carbocycles. The fraction of sp³-hybridized carbons (Fsp3) is 0.439. The Hall–Kier alpha value is -5.77. The first-order chi connectivity index (χ1) is 27.5. The molecular weight excluding hydrogens is 747 g/mol. The molecule has 4 N–H and O–H groups in total. The first-order valence-corrected chi connectivity index (χ1v) is 20.2. The molecule has 0 radical (unpaired) electrons. The van der Waals surface area contributed by atoms with Gasteiger partial charge >= 0.3 is 12.2 Å². The minimum atomic E-state index is -0.706. The number of alkyl carbamates (subject to hydrolysis) is 2. The molecule has 4 atom stereocenters. The van der Waals surface area contributed by atoms with Crippen LogP contribution in [0.15, 0.2) is 54.3 Å². The standard InChI is InChI=1S/C41H49N9O6S/c1-22(2)32(47-40(53)55-5)38(51)49-17-7-9-30(49)36-42-19-28(45-36)25-13-11-24(12-14-25)26-15-16-27(34-35(26)57-21-44-34)29-20-43-37(46-29)31-10-8-18-50(31)39(52)33(23(3)4)48-41(54)56-6/h11-16,19-23,30-33H,7-10,17-18H2,1-6H3,(H,42,45)(H,43,46)(H,47,53)(H,48,54)/t30-,31-,32-,33-/m0/s1. The van der Waals surface area contributed by atoms with Crippen LogP contribution < -0.4 is 10.6 Å². The van der Waals surface area contributed by atoms with Crippen LogP contribution in [0.3, 0.4) is 0 Å². The molecule has 0 unspecified atom stereocenters. The molecule has 0 spiro atoms. The van der Waals surface area contributed by atoms with Crippen molar-refractivity contribution < 1.29 is 28.7 Å². The molecule has 5 aromatic rings. The van der Waals surface area contributed by atoms with Gasteiger partial charge in [0.25, 0.3) is 0 Å². The van der Waals surface area contributed by atoms with Crippen molar-refractivity contribution in [2.24, 2.45) is 11.8 Å². The minimum Gasteiger partial charge on any atom is -0.453 e. The van der Waals surface area contributed by atoms with E-state index in [-0.39, 0.29) is 35.7 Å².